The second-order valence-corrected chi connectivity index (χ2v) is 6.89. The maximum atomic E-state index is 12.7. The molecule has 2 heterocycles. The van der Waals surface area contributed by atoms with Crippen molar-refractivity contribution in [3.8, 4) is 0 Å². The van der Waals surface area contributed by atoms with Crippen molar-refractivity contribution in [1.82, 2.24) is 9.78 Å². The third-order valence-electron chi connectivity index (χ3n) is 4.31. The monoisotopic (exact) mass is 347 g/mol. The van der Waals surface area contributed by atoms with Crippen LogP contribution in [0.15, 0.2) is 30.3 Å². The van der Waals surface area contributed by atoms with E-state index in [1.165, 1.54) is 0 Å². The van der Waals surface area contributed by atoms with Gasteiger partial charge < -0.3 is 10.1 Å². The average Bonchev–Trinajstić information content (AvgIpc) is 2.87. The molecular formula is C18H22ClN3O2. The number of carbonyl (C=O) groups excluding carboxylic acids is 1. The fourth-order valence-electron chi connectivity index (χ4n) is 2.94. The summed E-state index contributed by atoms with van der Waals surface area (Å²) >= 11 is 6.04. The van der Waals surface area contributed by atoms with Crippen LogP contribution in [0.25, 0.3) is 0 Å². The van der Waals surface area contributed by atoms with Gasteiger partial charge in [0.25, 0.3) is 5.91 Å². The predicted molar refractivity (Wildman–Crippen MR) is 94.4 cm³/mol. The third-order valence-corrected chi connectivity index (χ3v) is 4.55. The number of nitrogens with zero attached hydrogens (tertiary/aromatic N) is 2. The Morgan fingerprint density at radius 3 is 2.96 bits per heavy atom. The maximum absolute atomic E-state index is 12.7. The van der Waals surface area contributed by atoms with E-state index in [2.05, 4.69) is 10.4 Å². The van der Waals surface area contributed by atoms with Gasteiger partial charge in [-0.15, -0.1) is 0 Å². The van der Waals surface area contributed by atoms with Crippen LogP contribution in [0.4, 0.5) is 5.82 Å². The number of hydrogen-bond acceptors (Lipinski definition) is 3. The molecule has 1 aromatic carbocycles. The normalized spacial score (nSPS) is 20.8. The quantitative estimate of drug-likeness (QED) is 0.915. The van der Waals surface area contributed by atoms with Crippen LogP contribution >= 0.6 is 11.6 Å². The molecule has 5 nitrogen and oxygen atoms in total. The van der Waals surface area contributed by atoms with E-state index in [9.17, 15) is 4.79 Å². The Hall–Kier alpha value is -1.85. The smallest absolute Gasteiger partial charge is 0.257 e. The molecule has 1 N–H and O–H groups in total. The Balaban J connectivity index is 1.77. The van der Waals surface area contributed by atoms with Gasteiger partial charge in [0.1, 0.15) is 11.4 Å². The number of carbonyl (C=O) groups is 1. The van der Waals surface area contributed by atoms with Gasteiger partial charge in [0.05, 0.1) is 12.2 Å². The molecular weight excluding hydrogens is 326 g/mol. The van der Waals surface area contributed by atoms with Crippen LogP contribution in [0.3, 0.4) is 0 Å². The molecule has 1 aromatic heterocycles. The summed E-state index contributed by atoms with van der Waals surface area (Å²) in [5, 5.41) is 8.14. The Morgan fingerprint density at radius 2 is 2.25 bits per heavy atom. The highest BCUT2D eigenvalue weighted by Crippen LogP contribution is 2.26. The van der Waals surface area contributed by atoms with Crippen molar-refractivity contribution in [2.24, 2.45) is 0 Å². The number of benzene rings is 1. The fourth-order valence-corrected chi connectivity index (χ4v) is 3.15. The average molecular weight is 348 g/mol. The van der Waals surface area contributed by atoms with Gasteiger partial charge in [-0.25, -0.2) is 4.68 Å². The van der Waals surface area contributed by atoms with Crippen molar-refractivity contribution in [2.75, 3.05) is 11.9 Å². The lowest BCUT2D eigenvalue weighted by molar-refractivity contribution is -0.144. The number of ether oxygens (including phenoxy) is 1. The standard InChI is InChI=1S/C18H22ClN3O2/c1-13-10-16(20-17(23)18(2)8-3-4-9-24-18)22(21-13)12-14-6-5-7-15(19)11-14/h5-7,10-11H,3-4,8-9,12H2,1-2H3,(H,20,23). The molecule has 2 aromatic rings. The maximum Gasteiger partial charge on any atom is 0.257 e. The summed E-state index contributed by atoms with van der Waals surface area (Å²) in [6.45, 7) is 4.93. The second kappa shape index (κ2) is 6.95. The van der Waals surface area contributed by atoms with Crippen molar-refractivity contribution in [2.45, 2.75) is 45.3 Å². The number of hydrogen-bond donors (Lipinski definition) is 1. The van der Waals surface area contributed by atoms with Gasteiger partial charge >= 0.3 is 0 Å². The lowest BCUT2D eigenvalue weighted by Gasteiger charge is -2.32. The van der Waals surface area contributed by atoms with Crippen molar-refractivity contribution in [1.29, 1.82) is 0 Å². The van der Waals surface area contributed by atoms with E-state index in [0.717, 1.165) is 30.5 Å². The molecule has 128 valence electrons. The Morgan fingerprint density at radius 1 is 1.42 bits per heavy atom. The van der Waals surface area contributed by atoms with Crippen molar-refractivity contribution < 1.29 is 9.53 Å². The first-order chi connectivity index (χ1) is 11.5. The van der Waals surface area contributed by atoms with Crippen LogP contribution in [0.5, 0.6) is 0 Å². The molecule has 24 heavy (non-hydrogen) atoms. The van der Waals surface area contributed by atoms with Crippen molar-refractivity contribution >= 4 is 23.3 Å². The molecule has 1 atom stereocenters. The number of aryl methyl sites for hydroxylation is 1. The Labute approximate surface area is 147 Å². The van der Waals surface area contributed by atoms with E-state index >= 15 is 0 Å². The van der Waals surface area contributed by atoms with Gasteiger partial charge in [-0.05, 0) is 50.8 Å². The van der Waals surface area contributed by atoms with E-state index in [1.807, 2.05) is 44.2 Å². The van der Waals surface area contributed by atoms with Gasteiger partial charge in [-0.2, -0.15) is 5.10 Å². The van der Waals surface area contributed by atoms with Crippen molar-refractivity contribution in [3.05, 3.63) is 46.6 Å². The Bertz CT molecular complexity index is 736. The summed E-state index contributed by atoms with van der Waals surface area (Å²) < 4.78 is 7.50. The first kappa shape index (κ1) is 17.0. The Kier molecular flexibility index (Phi) is 4.92. The summed E-state index contributed by atoms with van der Waals surface area (Å²) in [7, 11) is 0. The van der Waals surface area contributed by atoms with E-state index in [0.29, 0.717) is 24.0 Å². The highest BCUT2D eigenvalue weighted by Gasteiger charge is 2.36. The fraction of sp³-hybridized carbons (Fsp3) is 0.444. The largest absolute Gasteiger partial charge is 0.365 e. The molecule has 6 heteroatoms. The number of halogens is 1. The zero-order valence-electron chi connectivity index (χ0n) is 14.0. The molecule has 1 fully saturated rings. The zero-order chi connectivity index (χ0) is 17.2. The summed E-state index contributed by atoms with van der Waals surface area (Å²) in [6, 6.07) is 9.50. The van der Waals surface area contributed by atoms with Gasteiger partial charge in [0, 0.05) is 17.7 Å². The number of aromatic nitrogens is 2. The topological polar surface area (TPSA) is 56.1 Å². The summed E-state index contributed by atoms with van der Waals surface area (Å²) in [4.78, 5) is 12.7. The molecule has 0 saturated carbocycles. The molecule has 0 bridgehead atoms. The SMILES string of the molecule is Cc1cc(NC(=O)C2(C)CCCCO2)n(Cc2cccc(Cl)c2)n1. The molecule has 3 rings (SSSR count). The number of amides is 1. The van der Waals surface area contributed by atoms with Gasteiger partial charge in [-0.1, -0.05) is 23.7 Å². The number of rotatable bonds is 4. The molecule has 0 radical (unpaired) electrons. The number of nitrogens with one attached hydrogen (secondary N) is 1. The summed E-state index contributed by atoms with van der Waals surface area (Å²) in [5.41, 5.74) is 1.11. The van der Waals surface area contributed by atoms with Gasteiger partial charge in [0.2, 0.25) is 0 Å². The predicted octanol–water partition coefficient (Wildman–Crippen LogP) is 3.79. The minimum absolute atomic E-state index is 0.116. The lowest BCUT2D eigenvalue weighted by atomic mass is 9.95. The van der Waals surface area contributed by atoms with E-state index in [4.69, 9.17) is 16.3 Å². The molecule has 1 amide bonds. The second-order valence-electron chi connectivity index (χ2n) is 6.45. The molecule has 1 aliphatic heterocycles. The molecule has 0 aliphatic carbocycles. The van der Waals surface area contributed by atoms with Crippen LogP contribution in [-0.4, -0.2) is 27.9 Å². The van der Waals surface area contributed by atoms with Crippen LogP contribution in [0, 0.1) is 6.92 Å². The first-order valence-corrected chi connectivity index (χ1v) is 8.58. The van der Waals surface area contributed by atoms with Gasteiger partial charge in [-0.3, -0.25) is 4.79 Å². The molecule has 0 spiro atoms. The highest BCUT2D eigenvalue weighted by molar-refractivity contribution is 6.30. The minimum Gasteiger partial charge on any atom is -0.365 e. The molecule has 1 saturated heterocycles. The van der Waals surface area contributed by atoms with E-state index in [-0.39, 0.29) is 5.91 Å². The summed E-state index contributed by atoms with van der Waals surface area (Å²) in [6.07, 6.45) is 2.75. The zero-order valence-corrected chi connectivity index (χ0v) is 14.8. The van der Waals surface area contributed by atoms with E-state index < -0.39 is 5.60 Å². The van der Waals surface area contributed by atoms with Gasteiger partial charge in [0.15, 0.2) is 0 Å². The van der Waals surface area contributed by atoms with Crippen LogP contribution in [-0.2, 0) is 16.1 Å². The van der Waals surface area contributed by atoms with Crippen molar-refractivity contribution in [3.63, 3.8) is 0 Å². The summed E-state index contributed by atoms with van der Waals surface area (Å²) in [5.74, 6) is 0.558. The minimum atomic E-state index is -0.767. The third kappa shape index (κ3) is 3.79. The highest BCUT2D eigenvalue weighted by atomic mass is 35.5. The van der Waals surface area contributed by atoms with E-state index in [1.54, 1.807) is 4.68 Å². The number of anilines is 1. The molecule has 1 aliphatic rings. The lowest BCUT2D eigenvalue weighted by Crippen LogP contribution is -2.45. The van der Waals surface area contributed by atoms with Crippen LogP contribution < -0.4 is 5.32 Å². The van der Waals surface area contributed by atoms with Crippen LogP contribution in [0.1, 0.15) is 37.4 Å². The first-order valence-electron chi connectivity index (χ1n) is 8.21. The molecule has 1 unspecified atom stereocenters. The van der Waals surface area contributed by atoms with Crippen LogP contribution in [0.2, 0.25) is 5.02 Å².